The van der Waals surface area contributed by atoms with E-state index in [1.807, 2.05) is 66.7 Å². The largest absolute Gasteiger partial charge is 0.456 e. The van der Waals surface area contributed by atoms with Gasteiger partial charge in [0.05, 0.1) is 56.4 Å². The molecular weight excluding hydrogens is 601 g/mol. The molecule has 49 heavy (non-hydrogen) atoms. The van der Waals surface area contributed by atoms with Crippen molar-refractivity contribution in [3.8, 4) is 34.6 Å². The first-order chi connectivity index (χ1) is 24.2. The van der Waals surface area contributed by atoms with E-state index in [4.69, 9.17) is 4.42 Å². The van der Waals surface area contributed by atoms with Crippen molar-refractivity contribution >= 4 is 65.6 Å². The van der Waals surface area contributed by atoms with E-state index in [2.05, 4.69) is 100 Å². The number of rotatable bonds is 3. The van der Waals surface area contributed by atoms with E-state index in [0.29, 0.717) is 11.1 Å². The highest BCUT2D eigenvalue weighted by Gasteiger charge is 2.22. The van der Waals surface area contributed by atoms with Gasteiger partial charge in [-0.15, -0.1) is 0 Å². The Morgan fingerprint density at radius 2 is 1.10 bits per heavy atom. The van der Waals surface area contributed by atoms with Gasteiger partial charge in [-0.25, -0.2) is 0 Å². The Hall–Kier alpha value is -7.08. The van der Waals surface area contributed by atoms with Crippen molar-refractivity contribution in [2.24, 2.45) is 0 Å². The standard InChI is InChI=1S/C44H24N4O/c45-25-27-17-21-40(48-39-15-7-3-11-33(39)34-20-22-42-43(44(34)48)35-12-4-8-16-41(35)49-42)36(23-27)30-19-18-29(24-28(30)26-46)47-37-13-5-1-9-31(37)32-10-2-6-14-38(32)47/h1-24H. The molecule has 0 aliphatic carbocycles. The van der Waals surface area contributed by atoms with Gasteiger partial charge < -0.3 is 13.6 Å². The molecule has 0 aliphatic heterocycles. The molecule has 10 aromatic rings. The molecule has 5 heteroatoms. The summed E-state index contributed by atoms with van der Waals surface area (Å²) in [5.74, 6) is 0. The van der Waals surface area contributed by atoms with E-state index in [1.54, 1.807) is 0 Å². The highest BCUT2D eigenvalue weighted by atomic mass is 16.3. The maximum absolute atomic E-state index is 10.7. The van der Waals surface area contributed by atoms with Gasteiger partial charge in [0.1, 0.15) is 11.2 Å². The van der Waals surface area contributed by atoms with Crippen LogP contribution in [-0.2, 0) is 0 Å². The van der Waals surface area contributed by atoms with Gasteiger partial charge in [-0.1, -0.05) is 78.9 Å². The van der Waals surface area contributed by atoms with Crippen LogP contribution in [0.15, 0.2) is 150 Å². The van der Waals surface area contributed by atoms with Crippen LogP contribution < -0.4 is 0 Å². The maximum Gasteiger partial charge on any atom is 0.137 e. The van der Waals surface area contributed by atoms with Gasteiger partial charge in [-0.05, 0) is 66.7 Å². The smallest absolute Gasteiger partial charge is 0.137 e. The Morgan fingerprint density at radius 3 is 1.80 bits per heavy atom. The van der Waals surface area contributed by atoms with Crippen LogP contribution in [0.5, 0.6) is 0 Å². The van der Waals surface area contributed by atoms with Crippen molar-refractivity contribution < 1.29 is 4.42 Å². The summed E-state index contributed by atoms with van der Waals surface area (Å²) in [6.07, 6.45) is 0. The lowest BCUT2D eigenvalue weighted by atomic mass is 9.96. The molecule has 0 atom stereocenters. The number of furan rings is 1. The number of hydrogen-bond acceptors (Lipinski definition) is 3. The number of para-hydroxylation sites is 4. The molecule has 0 radical (unpaired) electrons. The van der Waals surface area contributed by atoms with E-state index in [-0.39, 0.29) is 0 Å². The summed E-state index contributed by atoms with van der Waals surface area (Å²) >= 11 is 0. The highest BCUT2D eigenvalue weighted by Crippen LogP contribution is 2.43. The molecule has 0 saturated carbocycles. The third-order valence-electron chi connectivity index (χ3n) is 9.79. The van der Waals surface area contributed by atoms with Gasteiger partial charge in [-0.2, -0.15) is 10.5 Å². The normalized spacial score (nSPS) is 11.6. The zero-order chi connectivity index (χ0) is 32.6. The Kier molecular flexibility index (Phi) is 5.64. The fourth-order valence-electron chi connectivity index (χ4n) is 7.73. The topological polar surface area (TPSA) is 70.6 Å². The summed E-state index contributed by atoms with van der Waals surface area (Å²) < 4.78 is 10.8. The molecule has 0 bridgehead atoms. The minimum atomic E-state index is 0.522. The number of fused-ring (bicyclic) bond motifs is 10. The second kappa shape index (κ2) is 10.2. The van der Waals surface area contributed by atoms with E-state index in [0.717, 1.165) is 88.1 Å². The molecule has 226 valence electrons. The van der Waals surface area contributed by atoms with E-state index in [9.17, 15) is 10.5 Å². The van der Waals surface area contributed by atoms with E-state index >= 15 is 0 Å². The molecule has 10 rings (SSSR count). The summed E-state index contributed by atoms with van der Waals surface area (Å²) in [5, 5.41) is 27.4. The predicted octanol–water partition coefficient (Wildman–Crippen LogP) is 11.2. The number of benzene rings is 7. The van der Waals surface area contributed by atoms with E-state index < -0.39 is 0 Å². The number of nitrogens with zero attached hydrogens (tertiary/aromatic N) is 4. The number of nitriles is 2. The molecule has 3 heterocycles. The Bertz CT molecular complexity index is 3030. The van der Waals surface area contributed by atoms with Crippen molar-refractivity contribution in [1.82, 2.24) is 9.13 Å². The van der Waals surface area contributed by atoms with Gasteiger partial charge >= 0.3 is 0 Å². The minimum Gasteiger partial charge on any atom is -0.456 e. The lowest BCUT2D eigenvalue weighted by Crippen LogP contribution is -2.01. The molecule has 0 aliphatic rings. The Balaban J connectivity index is 1.28. The van der Waals surface area contributed by atoms with Crippen molar-refractivity contribution in [3.63, 3.8) is 0 Å². The molecule has 0 N–H and O–H groups in total. The van der Waals surface area contributed by atoms with Crippen molar-refractivity contribution in [2.75, 3.05) is 0 Å². The lowest BCUT2D eigenvalue weighted by molar-refractivity contribution is 0.669. The average Bonchev–Trinajstić information content (AvgIpc) is 3.82. The molecule has 0 amide bonds. The second-order valence-corrected chi connectivity index (χ2v) is 12.3. The van der Waals surface area contributed by atoms with Crippen LogP contribution in [-0.4, -0.2) is 9.13 Å². The molecule has 0 fully saturated rings. The zero-order valence-electron chi connectivity index (χ0n) is 26.1. The van der Waals surface area contributed by atoms with Gasteiger partial charge in [0.15, 0.2) is 0 Å². The van der Waals surface area contributed by atoms with Crippen LogP contribution in [0, 0.1) is 22.7 Å². The van der Waals surface area contributed by atoms with Crippen LogP contribution in [0.25, 0.3) is 88.1 Å². The molecule has 0 saturated heterocycles. The summed E-state index contributed by atoms with van der Waals surface area (Å²) in [6, 6.07) is 54.1. The molecular formula is C44H24N4O. The summed E-state index contributed by atoms with van der Waals surface area (Å²) in [5.41, 5.74) is 10.2. The van der Waals surface area contributed by atoms with Crippen LogP contribution in [0.1, 0.15) is 11.1 Å². The molecule has 3 aromatic heterocycles. The summed E-state index contributed by atoms with van der Waals surface area (Å²) in [6.45, 7) is 0. The van der Waals surface area contributed by atoms with E-state index in [1.165, 1.54) is 0 Å². The molecule has 0 unspecified atom stereocenters. The fourth-order valence-corrected chi connectivity index (χ4v) is 7.73. The van der Waals surface area contributed by atoms with Crippen molar-refractivity contribution in [2.45, 2.75) is 0 Å². The summed E-state index contributed by atoms with van der Waals surface area (Å²) in [4.78, 5) is 0. The number of hydrogen-bond donors (Lipinski definition) is 0. The van der Waals surface area contributed by atoms with Crippen LogP contribution in [0.4, 0.5) is 0 Å². The molecule has 7 aromatic carbocycles. The van der Waals surface area contributed by atoms with Gasteiger partial charge in [0.25, 0.3) is 0 Å². The lowest BCUT2D eigenvalue weighted by Gasteiger charge is -2.17. The second-order valence-electron chi connectivity index (χ2n) is 12.3. The molecule has 5 nitrogen and oxygen atoms in total. The first-order valence-electron chi connectivity index (χ1n) is 16.1. The monoisotopic (exact) mass is 624 g/mol. The van der Waals surface area contributed by atoms with Crippen molar-refractivity contribution in [3.05, 3.63) is 157 Å². The molecule has 0 spiro atoms. The van der Waals surface area contributed by atoms with Gasteiger partial charge in [-0.3, -0.25) is 0 Å². The van der Waals surface area contributed by atoms with Gasteiger partial charge in [0.2, 0.25) is 0 Å². The fraction of sp³-hybridized carbons (Fsp3) is 0. The Labute approximate surface area is 280 Å². The van der Waals surface area contributed by atoms with Crippen LogP contribution in [0.3, 0.4) is 0 Å². The first kappa shape index (κ1) is 27.1. The quantitative estimate of drug-likeness (QED) is 0.196. The van der Waals surface area contributed by atoms with Gasteiger partial charge in [0, 0.05) is 43.7 Å². The van der Waals surface area contributed by atoms with Crippen LogP contribution in [0.2, 0.25) is 0 Å². The highest BCUT2D eigenvalue weighted by molar-refractivity contribution is 6.24. The van der Waals surface area contributed by atoms with Crippen LogP contribution >= 0.6 is 0 Å². The zero-order valence-corrected chi connectivity index (χ0v) is 26.1. The predicted molar refractivity (Wildman–Crippen MR) is 197 cm³/mol. The summed E-state index contributed by atoms with van der Waals surface area (Å²) in [7, 11) is 0. The minimum absolute atomic E-state index is 0.522. The third kappa shape index (κ3) is 3.79. The average molecular weight is 625 g/mol. The maximum atomic E-state index is 10.7. The SMILES string of the molecule is N#Cc1ccc(-n2c3ccccc3c3ccc4oc5ccccc5c4c32)c(-c2ccc(-n3c4ccccc4c4ccccc43)cc2C#N)c1. The Morgan fingerprint density at radius 1 is 0.469 bits per heavy atom. The first-order valence-corrected chi connectivity index (χ1v) is 16.1. The third-order valence-corrected chi connectivity index (χ3v) is 9.79. The number of aromatic nitrogens is 2. The van der Waals surface area contributed by atoms with Crippen molar-refractivity contribution in [1.29, 1.82) is 10.5 Å².